The van der Waals surface area contributed by atoms with Crippen molar-refractivity contribution in [1.29, 1.82) is 0 Å². The van der Waals surface area contributed by atoms with Gasteiger partial charge in [0.25, 0.3) is 0 Å². The SMILES string of the molecule is CCOC(=O)N1CC(=O)c2ccsc2CC1CC. The maximum Gasteiger partial charge on any atom is 0.410 e. The van der Waals surface area contributed by atoms with E-state index >= 15 is 0 Å². The molecule has 0 bridgehead atoms. The zero-order valence-corrected chi connectivity index (χ0v) is 11.5. The highest BCUT2D eigenvalue weighted by Gasteiger charge is 2.31. The van der Waals surface area contributed by atoms with Gasteiger partial charge in [-0.05, 0) is 24.8 Å². The van der Waals surface area contributed by atoms with Crippen molar-refractivity contribution in [3.8, 4) is 0 Å². The molecule has 0 saturated carbocycles. The van der Waals surface area contributed by atoms with Gasteiger partial charge in [0.2, 0.25) is 0 Å². The number of thiophene rings is 1. The number of ether oxygens (including phenoxy) is 1. The fourth-order valence-electron chi connectivity index (χ4n) is 2.23. The van der Waals surface area contributed by atoms with Crippen LogP contribution in [0.3, 0.4) is 0 Å². The summed E-state index contributed by atoms with van der Waals surface area (Å²) in [5.41, 5.74) is 0.769. The van der Waals surface area contributed by atoms with Gasteiger partial charge in [-0.1, -0.05) is 6.92 Å². The maximum atomic E-state index is 12.1. The first-order valence-electron chi connectivity index (χ1n) is 6.20. The normalized spacial score (nSPS) is 19.3. The molecular weight excluding hydrogens is 250 g/mol. The van der Waals surface area contributed by atoms with Crippen LogP contribution in [0.5, 0.6) is 0 Å². The van der Waals surface area contributed by atoms with Crippen molar-refractivity contribution in [2.75, 3.05) is 13.2 Å². The highest BCUT2D eigenvalue weighted by Crippen LogP contribution is 2.26. The molecule has 1 aliphatic rings. The summed E-state index contributed by atoms with van der Waals surface area (Å²) in [7, 11) is 0. The Hall–Kier alpha value is -1.36. The monoisotopic (exact) mass is 267 g/mol. The van der Waals surface area contributed by atoms with Gasteiger partial charge in [-0.25, -0.2) is 4.79 Å². The molecule has 4 nitrogen and oxygen atoms in total. The molecule has 1 aromatic rings. The van der Waals surface area contributed by atoms with E-state index in [1.165, 1.54) is 0 Å². The van der Waals surface area contributed by atoms with Gasteiger partial charge in [0.1, 0.15) is 0 Å². The van der Waals surface area contributed by atoms with Crippen LogP contribution in [0.4, 0.5) is 4.79 Å². The molecule has 2 rings (SSSR count). The number of fused-ring (bicyclic) bond motifs is 1. The molecular formula is C13H17NO3S. The maximum absolute atomic E-state index is 12.1. The molecule has 2 heterocycles. The van der Waals surface area contributed by atoms with Crippen molar-refractivity contribution < 1.29 is 14.3 Å². The van der Waals surface area contributed by atoms with E-state index in [-0.39, 0.29) is 24.5 Å². The van der Waals surface area contributed by atoms with Crippen molar-refractivity contribution >= 4 is 23.2 Å². The molecule has 98 valence electrons. The summed E-state index contributed by atoms with van der Waals surface area (Å²) in [6.45, 7) is 4.26. The van der Waals surface area contributed by atoms with Gasteiger partial charge in [0.15, 0.2) is 5.78 Å². The number of carbonyl (C=O) groups excluding carboxylic acids is 2. The van der Waals surface area contributed by atoms with Crippen molar-refractivity contribution in [2.24, 2.45) is 0 Å². The predicted octanol–water partition coefficient (Wildman–Crippen LogP) is 2.72. The van der Waals surface area contributed by atoms with E-state index in [4.69, 9.17) is 4.74 Å². The molecule has 5 heteroatoms. The van der Waals surface area contributed by atoms with Gasteiger partial charge in [-0.3, -0.25) is 9.69 Å². The van der Waals surface area contributed by atoms with Crippen molar-refractivity contribution in [2.45, 2.75) is 32.7 Å². The van der Waals surface area contributed by atoms with Crippen molar-refractivity contribution in [1.82, 2.24) is 4.90 Å². The molecule has 0 fully saturated rings. The lowest BCUT2D eigenvalue weighted by Gasteiger charge is -2.27. The number of ketones is 1. The molecule has 1 amide bonds. The third-order valence-electron chi connectivity index (χ3n) is 3.20. The average molecular weight is 267 g/mol. The standard InChI is InChI=1S/C13H17NO3S/c1-3-9-7-12-10(5-6-18-12)11(15)8-14(9)13(16)17-4-2/h5-6,9H,3-4,7-8H2,1-2H3. The second kappa shape index (κ2) is 5.52. The van der Waals surface area contributed by atoms with Crippen LogP contribution in [0, 0.1) is 0 Å². The van der Waals surface area contributed by atoms with Gasteiger partial charge in [0, 0.05) is 22.9 Å². The van der Waals surface area contributed by atoms with Crippen molar-refractivity contribution in [3.05, 3.63) is 21.9 Å². The van der Waals surface area contributed by atoms with E-state index in [1.54, 1.807) is 23.2 Å². The lowest BCUT2D eigenvalue weighted by Crippen LogP contribution is -2.43. The summed E-state index contributed by atoms with van der Waals surface area (Å²) in [5, 5.41) is 1.94. The van der Waals surface area contributed by atoms with Crippen LogP contribution >= 0.6 is 11.3 Å². The Bertz CT molecular complexity index is 455. The molecule has 0 N–H and O–H groups in total. The first-order valence-corrected chi connectivity index (χ1v) is 7.08. The van der Waals surface area contributed by atoms with Crippen LogP contribution in [-0.4, -0.2) is 36.0 Å². The smallest absolute Gasteiger partial charge is 0.410 e. The first kappa shape index (κ1) is 13.1. The van der Waals surface area contributed by atoms with E-state index in [0.29, 0.717) is 6.61 Å². The minimum atomic E-state index is -0.382. The Morgan fingerprint density at radius 2 is 2.33 bits per heavy atom. The first-order chi connectivity index (χ1) is 8.67. The quantitative estimate of drug-likeness (QED) is 0.827. The number of nitrogens with zero attached hydrogens (tertiary/aromatic N) is 1. The topological polar surface area (TPSA) is 46.6 Å². The Labute approximate surface area is 111 Å². The lowest BCUT2D eigenvalue weighted by atomic mass is 10.1. The third-order valence-corrected chi connectivity index (χ3v) is 4.14. The summed E-state index contributed by atoms with van der Waals surface area (Å²) in [5.74, 6) is 0.00949. The van der Waals surface area contributed by atoms with Gasteiger partial charge >= 0.3 is 6.09 Å². The highest BCUT2D eigenvalue weighted by atomic mass is 32.1. The van der Waals surface area contributed by atoms with Crippen molar-refractivity contribution in [3.63, 3.8) is 0 Å². The number of carbonyl (C=O) groups is 2. The third kappa shape index (κ3) is 2.41. The number of amides is 1. The van der Waals surface area contributed by atoms with E-state index in [2.05, 4.69) is 0 Å². The van der Waals surface area contributed by atoms with E-state index in [1.807, 2.05) is 18.4 Å². The lowest BCUT2D eigenvalue weighted by molar-refractivity contribution is 0.0762. The zero-order valence-electron chi connectivity index (χ0n) is 10.6. The fourth-order valence-corrected chi connectivity index (χ4v) is 3.19. The zero-order chi connectivity index (χ0) is 13.1. The van der Waals surface area contributed by atoms with Gasteiger partial charge in [-0.2, -0.15) is 0 Å². The molecule has 1 aromatic heterocycles. The number of Topliss-reactive ketones (excluding diaryl/α,β-unsaturated/α-hetero) is 1. The molecule has 0 aliphatic carbocycles. The minimum Gasteiger partial charge on any atom is -0.450 e. The fraction of sp³-hybridized carbons (Fsp3) is 0.538. The predicted molar refractivity (Wildman–Crippen MR) is 70.2 cm³/mol. The number of hydrogen-bond acceptors (Lipinski definition) is 4. The Morgan fingerprint density at radius 3 is 3.00 bits per heavy atom. The highest BCUT2D eigenvalue weighted by molar-refractivity contribution is 7.10. The molecule has 0 aromatic carbocycles. The van der Waals surface area contributed by atoms with Gasteiger partial charge in [-0.15, -0.1) is 11.3 Å². The minimum absolute atomic E-state index is 0.00949. The van der Waals surface area contributed by atoms with Crippen LogP contribution < -0.4 is 0 Å². The van der Waals surface area contributed by atoms with Gasteiger partial charge < -0.3 is 4.74 Å². The average Bonchev–Trinajstić information content (AvgIpc) is 2.76. The van der Waals surface area contributed by atoms with Crippen LogP contribution in [0.15, 0.2) is 11.4 Å². The summed E-state index contributed by atoms with van der Waals surface area (Å²) < 4.78 is 5.03. The van der Waals surface area contributed by atoms with Crippen LogP contribution in [0.25, 0.3) is 0 Å². The number of rotatable bonds is 2. The largest absolute Gasteiger partial charge is 0.450 e. The number of hydrogen-bond donors (Lipinski definition) is 0. The van der Waals surface area contributed by atoms with Crippen LogP contribution in [0.1, 0.15) is 35.5 Å². The summed E-state index contributed by atoms with van der Waals surface area (Å²) in [6, 6.07) is 1.90. The Kier molecular flexibility index (Phi) is 4.01. The van der Waals surface area contributed by atoms with E-state index in [0.717, 1.165) is 23.3 Å². The van der Waals surface area contributed by atoms with Crippen LogP contribution in [0.2, 0.25) is 0 Å². The second-order valence-corrected chi connectivity index (χ2v) is 5.27. The second-order valence-electron chi connectivity index (χ2n) is 4.27. The molecule has 1 unspecified atom stereocenters. The van der Waals surface area contributed by atoms with Gasteiger partial charge in [0.05, 0.1) is 13.2 Å². The Balaban J connectivity index is 2.26. The van der Waals surface area contributed by atoms with E-state index < -0.39 is 0 Å². The summed E-state index contributed by atoms with van der Waals surface area (Å²) in [4.78, 5) is 26.6. The van der Waals surface area contributed by atoms with E-state index in [9.17, 15) is 9.59 Å². The molecule has 0 radical (unpaired) electrons. The summed E-state index contributed by atoms with van der Waals surface area (Å²) >= 11 is 1.59. The molecule has 1 aliphatic heterocycles. The molecule has 0 spiro atoms. The Morgan fingerprint density at radius 1 is 1.56 bits per heavy atom. The van der Waals surface area contributed by atoms with Crippen LogP contribution in [-0.2, 0) is 11.2 Å². The molecule has 0 saturated heterocycles. The summed E-state index contributed by atoms with van der Waals surface area (Å²) in [6.07, 6.45) is 1.19. The molecule has 18 heavy (non-hydrogen) atoms. The molecule has 1 atom stereocenters.